The number of fused-ring (bicyclic) bond motifs is 1. The molecule has 0 amide bonds. The first-order valence-corrected chi connectivity index (χ1v) is 4.19. The second kappa shape index (κ2) is 2.97. The van der Waals surface area contributed by atoms with E-state index in [1.807, 2.05) is 30.5 Å². The molecule has 0 saturated carbocycles. The molecule has 0 spiro atoms. The summed E-state index contributed by atoms with van der Waals surface area (Å²) in [7, 11) is 0. The summed E-state index contributed by atoms with van der Waals surface area (Å²) in [4.78, 5) is 4.24. The Morgan fingerprint density at radius 2 is 2.25 bits per heavy atom. The Balaban J connectivity index is 2.33. The van der Waals surface area contributed by atoms with Crippen LogP contribution in [0, 0.1) is 0 Å². The van der Waals surface area contributed by atoms with E-state index < -0.39 is 0 Å². The van der Waals surface area contributed by atoms with Crippen LogP contribution in [-0.2, 0) is 0 Å². The van der Waals surface area contributed by atoms with E-state index in [4.69, 9.17) is 4.74 Å². The Hall–Kier alpha value is -1.31. The van der Waals surface area contributed by atoms with Crippen LogP contribution in [0.4, 0.5) is 0 Å². The van der Waals surface area contributed by atoms with E-state index >= 15 is 0 Å². The van der Waals surface area contributed by atoms with Crippen molar-refractivity contribution in [3.8, 4) is 5.75 Å². The Kier molecular flexibility index (Phi) is 1.82. The van der Waals surface area contributed by atoms with Crippen molar-refractivity contribution < 1.29 is 4.74 Å². The first-order chi connectivity index (χ1) is 5.90. The molecule has 2 heteroatoms. The third-order valence-corrected chi connectivity index (χ3v) is 1.91. The van der Waals surface area contributed by atoms with Gasteiger partial charge in [0.05, 0.1) is 0 Å². The molecule has 0 saturated heterocycles. The minimum atomic E-state index is 0.0138. The number of aliphatic imine (C=N–C) groups is 1. The van der Waals surface area contributed by atoms with Crippen molar-refractivity contribution in [2.75, 3.05) is 0 Å². The molecule has 0 radical (unpaired) electrons. The molecule has 12 heavy (non-hydrogen) atoms. The Bertz CT molecular complexity index is 306. The Morgan fingerprint density at radius 1 is 1.42 bits per heavy atom. The lowest BCUT2D eigenvalue weighted by molar-refractivity contribution is 0.203. The van der Waals surface area contributed by atoms with Crippen molar-refractivity contribution in [1.82, 2.24) is 0 Å². The highest BCUT2D eigenvalue weighted by Crippen LogP contribution is 2.22. The van der Waals surface area contributed by atoms with E-state index in [9.17, 15) is 0 Å². The largest absolute Gasteiger partial charge is 0.468 e. The van der Waals surface area contributed by atoms with Crippen molar-refractivity contribution in [1.29, 1.82) is 0 Å². The molecule has 1 aromatic carbocycles. The molecule has 1 atom stereocenters. The van der Waals surface area contributed by atoms with Crippen LogP contribution < -0.4 is 4.74 Å². The van der Waals surface area contributed by atoms with Crippen LogP contribution in [0.1, 0.15) is 18.9 Å². The number of hydrogen-bond acceptors (Lipinski definition) is 2. The maximum Gasteiger partial charge on any atom is 0.189 e. The normalized spacial score (nSPS) is 19.9. The predicted octanol–water partition coefficient (Wildman–Crippen LogP) is 2.23. The van der Waals surface area contributed by atoms with Gasteiger partial charge in [-0.3, -0.25) is 4.99 Å². The summed E-state index contributed by atoms with van der Waals surface area (Å²) in [5.74, 6) is 0.944. The molecule has 1 aliphatic rings. The van der Waals surface area contributed by atoms with Crippen LogP contribution in [0.15, 0.2) is 29.3 Å². The minimum absolute atomic E-state index is 0.0138. The van der Waals surface area contributed by atoms with Gasteiger partial charge in [-0.1, -0.05) is 19.1 Å². The smallest absolute Gasteiger partial charge is 0.189 e. The molecule has 62 valence electrons. The zero-order valence-corrected chi connectivity index (χ0v) is 7.03. The number of hydrogen-bond donors (Lipinski definition) is 0. The average Bonchev–Trinajstić information content (AvgIpc) is 2.17. The van der Waals surface area contributed by atoms with E-state index in [1.165, 1.54) is 0 Å². The van der Waals surface area contributed by atoms with E-state index in [0.717, 1.165) is 17.7 Å². The number of rotatable bonds is 1. The standard InChI is InChI=1S/C10H11NO/c1-2-10-11-7-8-5-3-4-6-9(8)12-10/h3-7,10H,2H2,1H3. The summed E-state index contributed by atoms with van der Waals surface area (Å²) in [5, 5.41) is 0. The lowest BCUT2D eigenvalue weighted by atomic mass is 10.2. The van der Waals surface area contributed by atoms with E-state index in [1.54, 1.807) is 0 Å². The van der Waals surface area contributed by atoms with Gasteiger partial charge in [-0.05, 0) is 12.1 Å². The molecule has 1 unspecified atom stereocenters. The van der Waals surface area contributed by atoms with Gasteiger partial charge in [0, 0.05) is 18.2 Å². The summed E-state index contributed by atoms with van der Waals surface area (Å²) < 4.78 is 5.58. The summed E-state index contributed by atoms with van der Waals surface area (Å²) in [5.41, 5.74) is 1.07. The van der Waals surface area contributed by atoms with Gasteiger partial charge in [-0.15, -0.1) is 0 Å². The van der Waals surface area contributed by atoms with Crippen LogP contribution >= 0.6 is 0 Å². The number of nitrogens with zero attached hydrogens (tertiary/aromatic N) is 1. The molecular formula is C10H11NO. The predicted molar refractivity (Wildman–Crippen MR) is 48.7 cm³/mol. The minimum Gasteiger partial charge on any atom is -0.468 e. The molecule has 0 bridgehead atoms. The topological polar surface area (TPSA) is 21.6 Å². The molecule has 0 fully saturated rings. The molecule has 0 aliphatic carbocycles. The van der Waals surface area contributed by atoms with Gasteiger partial charge >= 0.3 is 0 Å². The van der Waals surface area contributed by atoms with Crippen molar-refractivity contribution >= 4 is 6.21 Å². The SMILES string of the molecule is CCC1N=Cc2ccccc2O1. The van der Waals surface area contributed by atoms with Gasteiger partial charge < -0.3 is 4.74 Å². The van der Waals surface area contributed by atoms with Crippen LogP contribution in [0.3, 0.4) is 0 Å². The number of ether oxygens (including phenoxy) is 1. The van der Waals surface area contributed by atoms with Crippen molar-refractivity contribution in [3.05, 3.63) is 29.8 Å². The monoisotopic (exact) mass is 161 g/mol. The Morgan fingerprint density at radius 3 is 3.08 bits per heavy atom. The fourth-order valence-corrected chi connectivity index (χ4v) is 1.22. The molecule has 1 aliphatic heterocycles. The first kappa shape index (κ1) is 7.35. The van der Waals surface area contributed by atoms with E-state index in [2.05, 4.69) is 11.9 Å². The second-order valence-corrected chi connectivity index (χ2v) is 2.80. The quantitative estimate of drug-likeness (QED) is 0.619. The molecule has 1 heterocycles. The van der Waals surface area contributed by atoms with Gasteiger partial charge in [0.2, 0.25) is 0 Å². The van der Waals surface area contributed by atoms with Crippen molar-refractivity contribution in [2.45, 2.75) is 19.6 Å². The maximum absolute atomic E-state index is 5.58. The fraction of sp³-hybridized carbons (Fsp3) is 0.300. The zero-order valence-electron chi connectivity index (χ0n) is 7.03. The van der Waals surface area contributed by atoms with Gasteiger partial charge in [0.1, 0.15) is 5.75 Å². The van der Waals surface area contributed by atoms with Crippen LogP contribution in [0.25, 0.3) is 0 Å². The Labute approximate surface area is 71.9 Å². The van der Waals surface area contributed by atoms with Gasteiger partial charge in [-0.25, -0.2) is 0 Å². The highest BCUT2D eigenvalue weighted by Gasteiger charge is 2.11. The highest BCUT2D eigenvalue weighted by atomic mass is 16.5. The molecular weight excluding hydrogens is 150 g/mol. The van der Waals surface area contributed by atoms with Crippen LogP contribution in [0.5, 0.6) is 5.75 Å². The molecule has 0 aromatic heterocycles. The van der Waals surface area contributed by atoms with Gasteiger partial charge in [0.15, 0.2) is 6.23 Å². The lowest BCUT2D eigenvalue weighted by Gasteiger charge is -2.18. The summed E-state index contributed by atoms with van der Waals surface area (Å²) in [6.07, 6.45) is 2.82. The molecule has 1 aromatic rings. The third kappa shape index (κ3) is 1.20. The van der Waals surface area contributed by atoms with E-state index in [0.29, 0.717) is 0 Å². The number of para-hydroxylation sites is 1. The number of benzene rings is 1. The van der Waals surface area contributed by atoms with Crippen molar-refractivity contribution in [2.24, 2.45) is 4.99 Å². The summed E-state index contributed by atoms with van der Waals surface area (Å²) in [6, 6.07) is 7.94. The third-order valence-electron chi connectivity index (χ3n) is 1.91. The zero-order chi connectivity index (χ0) is 8.39. The fourth-order valence-electron chi connectivity index (χ4n) is 1.22. The average molecular weight is 161 g/mol. The molecule has 0 N–H and O–H groups in total. The maximum atomic E-state index is 5.58. The van der Waals surface area contributed by atoms with Crippen molar-refractivity contribution in [3.63, 3.8) is 0 Å². The van der Waals surface area contributed by atoms with Crippen LogP contribution in [0.2, 0.25) is 0 Å². The van der Waals surface area contributed by atoms with E-state index in [-0.39, 0.29) is 6.23 Å². The van der Waals surface area contributed by atoms with Gasteiger partial charge in [-0.2, -0.15) is 0 Å². The molecule has 2 rings (SSSR count). The lowest BCUT2D eigenvalue weighted by Crippen LogP contribution is -2.17. The summed E-state index contributed by atoms with van der Waals surface area (Å²) in [6.45, 7) is 2.07. The first-order valence-electron chi connectivity index (χ1n) is 4.19. The van der Waals surface area contributed by atoms with Crippen LogP contribution in [-0.4, -0.2) is 12.4 Å². The van der Waals surface area contributed by atoms with Gasteiger partial charge in [0.25, 0.3) is 0 Å². The second-order valence-electron chi connectivity index (χ2n) is 2.80. The highest BCUT2D eigenvalue weighted by molar-refractivity contribution is 5.84. The molecule has 2 nitrogen and oxygen atoms in total. The summed E-state index contributed by atoms with van der Waals surface area (Å²) >= 11 is 0.